The summed E-state index contributed by atoms with van der Waals surface area (Å²) in [5, 5.41) is 10.7. The van der Waals surface area contributed by atoms with Crippen LogP contribution in [0.4, 0.5) is 0 Å². The van der Waals surface area contributed by atoms with Crippen molar-refractivity contribution in [3.8, 4) is 0 Å². The zero-order chi connectivity index (χ0) is 8.81. The van der Waals surface area contributed by atoms with Crippen LogP contribution in [-0.4, -0.2) is 16.8 Å². The van der Waals surface area contributed by atoms with E-state index in [1.807, 2.05) is 37.3 Å². The van der Waals surface area contributed by atoms with E-state index < -0.39 is 0 Å². The Morgan fingerprint density at radius 3 is 2.50 bits per heavy atom. The van der Waals surface area contributed by atoms with Gasteiger partial charge in [-0.15, -0.1) is 0 Å². The number of hydrogen-bond donors (Lipinski definition) is 1. The van der Waals surface area contributed by atoms with Crippen molar-refractivity contribution in [2.75, 3.05) is 6.54 Å². The Balaban J connectivity index is 2.41. The molecule has 66 valence electrons. The van der Waals surface area contributed by atoms with Gasteiger partial charge in [0.2, 0.25) is 0 Å². The lowest BCUT2D eigenvalue weighted by Crippen LogP contribution is -2.19. The van der Waals surface area contributed by atoms with E-state index in [1.54, 1.807) is 0 Å². The molecule has 0 fully saturated rings. The van der Waals surface area contributed by atoms with Gasteiger partial charge in [-0.05, 0) is 12.0 Å². The maximum absolute atomic E-state index is 9.34. The summed E-state index contributed by atoms with van der Waals surface area (Å²) in [6.45, 7) is 3.40. The summed E-state index contributed by atoms with van der Waals surface area (Å²) in [6.07, 6.45) is 0.976. The van der Waals surface area contributed by atoms with Crippen LogP contribution in [-0.2, 0) is 6.54 Å². The van der Waals surface area contributed by atoms with Crippen LogP contribution in [0.1, 0.15) is 18.9 Å². The Bertz CT molecular complexity index is 210. The van der Waals surface area contributed by atoms with Gasteiger partial charge in [0.05, 0.1) is 0 Å². The number of nitrogens with zero attached hydrogens (tertiary/aromatic N) is 1. The molecule has 1 N–H and O–H groups in total. The predicted octanol–water partition coefficient (Wildman–Crippen LogP) is 2.29. The van der Waals surface area contributed by atoms with Crippen molar-refractivity contribution in [1.29, 1.82) is 0 Å². The summed E-state index contributed by atoms with van der Waals surface area (Å²) in [5.74, 6) is 0. The average Bonchev–Trinajstić information content (AvgIpc) is 2.06. The Labute approximate surface area is 73.4 Å². The van der Waals surface area contributed by atoms with Crippen molar-refractivity contribution in [3.05, 3.63) is 35.9 Å². The number of hydrogen-bond acceptors (Lipinski definition) is 2. The summed E-state index contributed by atoms with van der Waals surface area (Å²) in [7, 11) is 0. The molecule has 0 aliphatic rings. The van der Waals surface area contributed by atoms with E-state index in [2.05, 4.69) is 0 Å². The minimum Gasteiger partial charge on any atom is -0.314 e. The summed E-state index contributed by atoms with van der Waals surface area (Å²) in [6, 6.07) is 9.97. The Hall–Kier alpha value is -0.860. The second kappa shape index (κ2) is 4.91. The highest BCUT2D eigenvalue weighted by molar-refractivity contribution is 5.13. The molecule has 0 saturated heterocycles. The van der Waals surface area contributed by atoms with E-state index >= 15 is 0 Å². The lowest BCUT2D eigenvalue weighted by molar-refractivity contribution is -0.0989. The third-order valence-corrected chi connectivity index (χ3v) is 1.69. The van der Waals surface area contributed by atoms with Crippen molar-refractivity contribution in [2.24, 2.45) is 0 Å². The van der Waals surface area contributed by atoms with Gasteiger partial charge in [0.1, 0.15) is 0 Å². The van der Waals surface area contributed by atoms with Crippen molar-refractivity contribution >= 4 is 0 Å². The molecule has 12 heavy (non-hydrogen) atoms. The van der Waals surface area contributed by atoms with Gasteiger partial charge >= 0.3 is 0 Å². The van der Waals surface area contributed by atoms with Gasteiger partial charge in [0.15, 0.2) is 0 Å². The van der Waals surface area contributed by atoms with Crippen molar-refractivity contribution < 1.29 is 5.21 Å². The van der Waals surface area contributed by atoms with Crippen LogP contribution in [0.25, 0.3) is 0 Å². The summed E-state index contributed by atoms with van der Waals surface area (Å²) in [5.41, 5.74) is 1.15. The maximum atomic E-state index is 9.34. The third kappa shape index (κ3) is 3.03. The fourth-order valence-corrected chi connectivity index (χ4v) is 1.13. The van der Waals surface area contributed by atoms with Gasteiger partial charge in [0, 0.05) is 13.1 Å². The molecular weight excluding hydrogens is 150 g/mol. The molecular formula is C10H15NO. The van der Waals surface area contributed by atoms with E-state index in [4.69, 9.17) is 0 Å². The monoisotopic (exact) mass is 165 g/mol. The van der Waals surface area contributed by atoms with E-state index in [1.165, 1.54) is 5.06 Å². The topological polar surface area (TPSA) is 23.5 Å². The van der Waals surface area contributed by atoms with Gasteiger partial charge in [-0.25, -0.2) is 0 Å². The molecule has 0 atom stereocenters. The van der Waals surface area contributed by atoms with Crippen molar-refractivity contribution in [3.63, 3.8) is 0 Å². The molecule has 1 aromatic carbocycles. The molecule has 0 aromatic heterocycles. The molecule has 0 unspecified atom stereocenters. The largest absolute Gasteiger partial charge is 0.314 e. The molecule has 0 radical (unpaired) electrons. The van der Waals surface area contributed by atoms with E-state index in [0.29, 0.717) is 6.54 Å². The van der Waals surface area contributed by atoms with Gasteiger partial charge in [0.25, 0.3) is 0 Å². The summed E-state index contributed by atoms with van der Waals surface area (Å²) >= 11 is 0. The zero-order valence-electron chi connectivity index (χ0n) is 7.40. The number of benzene rings is 1. The lowest BCUT2D eigenvalue weighted by Gasteiger charge is -2.12. The predicted molar refractivity (Wildman–Crippen MR) is 48.9 cm³/mol. The second-order valence-electron chi connectivity index (χ2n) is 2.87. The van der Waals surface area contributed by atoms with Gasteiger partial charge in [-0.3, -0.25) is 0 Å². The summed E-state index contributed by atoms with van der Waals surface area (Å²) < 4.78 is 0. The Morgan fingerprint density at radius 1 is 1.25 bits per heavy atom. The first kappa shape index (κ1) is 9.23. The highest BCUT2D eigenvalue weighted by atomic mass is 16.5. The Kier molecular flexibility index (Phi) is 3.77. The zero-order valence-corrected chi connectivity index (χ0v) is 7.40. The Morgan fingerprint density at radius 2 is 1.92 bits per heavy atom. The fraction of sp³-hybridized carbons (Fsp3) is 0.400. The fourth-order valence-electron chi connectivity index (χ4n) is 1.13. The quantitative estimate of drug-likeness (QED) is 0.692. The molecule has 2 nitrogen and oxygen atoms in total. The first-order chi connectivity index (χ1) is 5.83. The highest BCUT2D eigenvalue weighted by Crippen LogP contribution is 2.01. The molecule has 0 bridgehead atoms. The third-order valence-electron chi connectivity index (χ3n) is 1.69. The normalized spacial score (nSPS) is 10.6. The lowest BCUT2D eigenvalue weighted by atomic mass is 10.2. The molecule has 0 amide bonds. The van der Waals surface area contributed by atoms with Gasteiger partial charge < -0.3 is 5.21 Å². The van der Waals surface area contributed by atoms with Crippen LogP contribution < -0.4 is 0 Å². The molecule has 2 heteroatoms. The molecule has 1 aromatic rings. The summed E-state index contributed by atoms with van der Waals surface area (Å²) in [4.78, 5) is 0. The maximum Gasteiger partial charge on any atom is 0.0488 e. The van der Waals surface area contributed by atoms with Crippen molar-refractivity contribution in [2.45, 2.75) is 19.9 Å². The molecule has 1 rings (SSSR count). The minimum absolute atomic E-state index is 0.620. The number of rotatable bonds is 4. The smallest absolute Gasteiger partial charge is 0.0488 e. The first-order valence-electron chi connectivity index (χ1n) is 4.30. The van der Waals surface area contributed by atoms with E-state index in [-0.39, 0.29) is 0 Å². The highest BCUT2D eigenvalue weighted by Gasteiger charge is 1.98. The SMILES string of the molecule is CCCN(O)Cc1ccccc1. The van der Waals surface area contributed by atoms with Crippen LogP contribution in [0.2, 0.25) is 0 Å². The molecule has 0 aliphatic carbocycles. The molecule has 0 heterocycles. The molecule has 0 aliphatic heterocycles. The van der Waals surface area contributed by atoms with Gasteiger partial charge in [-0.2, -0.15) is 5.06 Å². The van der Waals surface area contributed by atoms with Crippen LogP contribution in [0.5, 0.6) is 0 Å². The number of hydroxylamine groups is 2. The standard InChI is InChI=1S/C10H15NO/c1-2-8-11(12)9-10-6-4-3-5-7-10/h3-7,12H,2,8-9H2,1H3. The van der Waals surface area contributed by atoms with Gasteiger partial charge in [-0.1, -0.05) is 37.3 Å². The average molecular weight is 165 g/mol. The van der Waals surface area contributed by atoms with E-state index in [9.17, 15) is 5.21 Å². The molecule has 0 saturated carbocycles. The minimum atomic E-state index is 0.620. The van der Waals surface area contributed by atoms with Crippen LogP contribution in [0.15, 0.2) is 30.3 Å². The van der Waals surface area contributed by atoms with Crippen molar-refractivity contribution in [1.82, 2.24) is 5.06 Å². The first-order valence-corrected chi connectivity index (χ1v) is 4.30. The van der Waals surface area contributed by atoms with Crippen LogP contribution in [0, 0.1) is 0 Å². The van der Waals surface area contributed by atoms with E-state index in [0.717, 1.165) is 18.5 Å². The molecule has 0 spiro atoms. The van der Waals surface area contributed by atoms with Crippen LogP contribution in [0.3, 0.4) is 0 Å². The van der Waals surface area contributed by atoms with Crippen LogP contribution >= 0.6 is 0 Å². The second-order valence-corrected chi connectivity index (χ2v) is 2.87.